The highest BCUT2D eigenvalue weighted by atomic mass is 32.1. The van der Waals surface area contributed by atoms with Crippen molar-refractivity contribution in [2.45, 2.75) is 19.3 Å². The molecule has 0 amide bonds. The van der Waals surface area contributed by atoms with Crippen molar-refractivity contribution in [2.75, 3.05) is 13.1 Å². The smallest absolute Gasteiger partial charge is 0.278 e. The SMILES string of the molecule is O=[N+]([O-])c1ccc(C2=N[N+]3(CCCCC3)C(=S)N2)cc1. The van der Waals surface area contributed by atoms with Crippen molar-refractivity contribution in [3.05, 3.63) is 39.9 Å². The molecule has 1 aromatic rings. The van der Waals surface area contributed by atoms with Crippen molar-refractivity contribution in [3.8, 4) is 0 Å². The van der Waals surface area contributed by atoms with Gasteiger partial charge in [-0.2, -0.15) is 0 Å². The third-order valence-corrected chi connectivity index (χ3v) is 4.24. The summed E-state index contributed by atoms with van der Waals surface area (Å²) in [6, 6.07) is 6.39. The van der Waals surface area contributed by atoms with E-state index >= 15 is 0 Å². The molecule has 1 N–H and O–H groups in total. The highest BCUT2D eigenvalue weighted by Crippen LogP contribution is 2.25. The van der Waals surface area contributed by atoms with Crippen LogP contribution >= 0.6 is 12.2 Å². The second-order valence-electron chi connectivity index (χ2n) is 5.11. The third-order valence-electron chi connectivity index (χ3n) is 3.80. The zero-order valence-corrected chi connectivity index (χ0v) is 11.7. The molecule has 2 heterocycles. The van der Waals surface area contributed by atoms with Gasteiger partial charge in [0.2, 0.25) is 0 Å². The lowest BCUT2D eigenvalue weighted by Gasteiger charge is -2.30. The van der Waals surface area contributed by atoms with Crippen LogP contribution in [0.5, 0.6) is 0 Å². The van der Waals surface area contributed by atoms with Crippen LogP contribution in [-0.4, -0.2) is 33.6 Å². The van der Waals surface area contributed by atoms with Crippen LogP contribution in [0.1, 0.15) is 24.8 Å². The second-order valence-corrected chi connectivity index (χ2v) is 5.50. The maximum absolute atomic E-state index is 10.7. The number of amidine groups is 1. The molecule has 0 unspecified atom stereocenters. The van der Waals surface area contributed by atoms with E-state index in [2.05, 4.69) is 5.32 Å². The summed E-state index contributed by atoms with van der Waals surface area (Å²) >= 11 is 5.43. The summed E-state index contributed by atoms with van der Waals surface area (Å²) in [4.78, 5) is 10.3. The van der Waals surface area contributed by atoms with E-state index in [1.165, 1.54) is 18.6 Å². The highest BCUT2D eigenvalue weighted by Gasteiger charge is 2.42. The number of hydrogen-bond donors (Lipinski definition) is 1. The number of nitrogens with zero attached hydrogens (tertiary/aromatic N) is 3. The number of hydrogen-bond acceptors (Lipinski definition) is 4. The predicted octanol–water partition coefficient (Wildman–Crippen LogP) is 2.15. The van der Waals surface area contributed by atoms with Gasteiger partial charge in [0.1, 0.15) is 13.1 Å². The molecule has 0 atom stereocenters. The van der Waals surface area contributed by atoms with Crippen LogP contribution < -0.4 is 5.32 Å². The van der Waals surface area contributed by atoms with E-state index in [4.69, 9.17) is 17.3 Å². The molecule has 1 fully saturated rings. The van der Waals surface area contributed by atoms with Gasteiger partial charge in [0.15, 0.2) is 5.84 Å². The molecule has 1 aromatic carbocycles. The molecule has 0 aliphatic carbocycles. The van der Waals surface area contributed by atoms with Crippen LogP contribution in [0.2, 0.25) is 0 Å². The van der Waals surface area contributed by atoms with Gasteiger partial charge in [0.25, 0.3) is 5.69 Å². The van der Waals surface area contributed by atoms with Gasteiger partial charge in [-0.1, -0.05) is 5.10 Å². The second kappa shape index (κ2) is 4.92. The largest absolute Gasteiger partial charge is 0.302 e. The number of nitro groups is 1. The van der Waals surface area contributed by atoms with Gasteiger partial charge in [-0.25, -0.2) is 0 Å². The summed E-state index contributed by atoms with van der Waals surface area (Å²) < 4.78 is 0.488. The highest BCUT2D eigenvalue weighted by molar-refractivity contribution is 7.80. The van der Waals surface area contributed by atoms with Gasteiger partial charge in [-0.3, -0.25) is 15.4 Å². The molecule has 2 aliphatic rings. The van der Waals surface area contributed by atoms with E-state index in [-0.39, 0.29) is 5.69 Å². The molecule has 104 valence electrons. The summed E-state index contributed by atoms with van der Waals surface area (Å²) in [5, 5.41) is 19.3. The first kappa shape index (κ1) is 13.1. The Morgan fingerprint density at radius 1 is 1.20 bits per heavy atom. The monoisotopic (exact) mass is 291 g/mol. The number of quaternary nitrogens is 1. The van der Waals surface area contributed by atoms with Crippen molar-refractivity contribution < 1.29 is 9.52 Å². The zero-order chi connectivity index (χ0) is 14.2. The Labute approximate surface area is 121 Å². The van der Waals surface area contributed by atoms with E-state index in [1.54, 1.807) is 12.1 Å². The van der Waals surface area contributed by atoms with Crippen LogP contribution in [0.4, 0.5) is 5.69 Å². The zero-order valence-electron chi connectivity index (χ0n) is 10.9. The van der Waals surface area contributed by atoms with E-state index in [9.17, 15) is 10.1 Å². The minimum absolute atomic E-state index is 0.0804. The van der Waals surface area contributed by atoms with E-state index in [0.29, 0.717) is 10.4 Å². The summed E-state index contributed by atoms with van der Waals surface area (Å²) in [7, 11) is 0. The Morgan fingerprint density at radius 2 is 1.85 bits per heavy atom. The molecule has 0 saturated carbocycles. The Morgan fingerprint density at radius 3 is 2.45 bits per heavy atom. The molecular formula is C13H15N4O2S+. The van der Waals surface area contributed by atoms with Crippen LogP contribution in [0.15, 0.2) is 29.4 Å². The number of thiocarbonyl (C=S) groups is 1. The van der Waals surface area contributed by atoms with Crippen molar-refractivity contribution in [3.63, 3.8) is 0 Å². The Hall–Kier alpha value is -1.86. The Balaban J connectivity index is 1.89. The number of benzene rings is 1. The fourth-order valence-electron chi connectivity index (χ4n) is 2.68. The Bertz CT molecular complexity index is 591. The van der Waals surface area contributed by atoms with Gasteiger partial charge in [0, 0.05) is 29.9 Å². The first-order valence-corrected chi connectivity index (χ1v) is 7.05. The van der Waals surface area contributed by atoms with Gasteiger partial charge in [-0.15, -0.1) is 4.59 Å². The molecule has 2 aliphatic heterocycles. The molecule has 1 spiro atoms. The lowest BCUT2D eigenvalue weighted by Crippen LogP contribution is -2.51. The van der Waals surface area contributed by atoms with E-state index < -0.39 is 4.92 Å². The average Bonchev–Trinajstić information content (AvgIpc) is 2.77. The fourth-order valence-corrected chi connectivity index (χ4v) is 3.00. The minimum atomic E-state index is -0.406. The predicted molar refractivity (Wildman–Crippen MR) is 79.2 cm³/mol. The van der Waals surface area contributed by atoms with Crippen molar-refractivity contribution >= 4 is 28.9 Å². The van der Waals surface area contributed by atoms with Crippen LogP contribution in [-0.2, 0) is 0 Å². The van der Waals surface area contributed by atoms with Crippen LogP contribution in [0.3, 0.4) is 0 Å². The summed E-state index contributed by atoms with van der Waals surface area (Å²) in [6.07, 6.45) is 3.47. The van der Waals surface area contributed by atoms with Gasteiger partial charge < -0.3 is 0 Å². The third kappa shape index (κ3) is 2.19. The molecule has 0 aromatic heterocycles. The molecule has 0 bridgehead atoms. The van der Waals surface area contributed by atoms with Crippen LogP contribution in [0.25, 0.3) is 0 Å². The number of non-ortho nitro benzene ring substituents is 1. The number of piperidine rings is 1. The normalized spacial score (nSPS) is 20.6. The summed E-state index contributed by atoms with van der Waals surface area (Å²) in [5.74, 6) is 0.715. The van der Waals surface area contributed by atoms with Gasteiger partial charge in [0.05, 0.1) is 4.92 Å². The van der Waals surface area contributed by atoms with E-state index in [1.807, 2.05) is 0 Å². The number of nitro benzene ring substituents is 1. The topological polar surface area (TPSA) is 67.5 Å². The van der Waals surface area contributed by atoms with Gasteiger partial charge >= 0.3 is 5.11 Å². The number of rotatable bonds is 2. The number of nitrogens with one attached hydrogen (secondary N) is 1. The quantitative estimate of drug-likeness (QED) is 0.392. The fraction of sp³-hybridized carbons (Fsp3) is 0.385. The van der Waals surface area contributed by atoms with Gasteiger partial charge in [-0.05, 0) is 31.4 Å². The molecule has 1 saturated heterocycles. The molecule has 0 radical (unpaired) electrons. The molecule has 3 rings (SSSR count). The molecule has 7 heteroatoms. The maximum atomic E-state index is 10.7. The lowest BCUT2D eigenvalue weighted by molar-refractivity contribution is -0.849. The minimum Gasteiger partial charge on any atom is -0.278 e. The summed E-state index contributed by atoms with van der Waals surface area (Å²) in [5.41, 5.74) is 0.912. The first-order chi connectivity index (χ1) is 9.61. The standard InChI is InChI=1S/C13H14N4O2S/c18-16(19)11-6-4-10(5-7-11)12-14-13(20)17(15-12)8-2-1-3-9-17/h4-7H,1-3,8-9H2/p+1. The molecule has 6 nitrogen and oxygen atoms in total. The van der Waals surface area contributed by atoms with Crippen molar-refractivity contribution in [2.24, 2.45) is 5.10 Å². The maximum Gasteiger partial charge on any atom is 0.302 e. The molecule has 20 heavy (non-hydrogen) atoms. The Kier molecular flexibility index (Phi) is 3.23. The summed E-state index contributed by atoms with van der Waals surface area (Å²) in [6.45, 7) is 1.87. The van der Waals surface area contributed by atoms with Crippen LogP contribution in [0, 0.1) is 10.1 Å². The lowest BCUT2D eigenvalue weighted by atomic mass is 10.1. The average molecular weight is 291 g/mol. The van der Waals surface area contributed by atoms with Crippen molar-refractivity contribution in [1.29, 1.82) is 0 Å². The molecular weight excluding hydrogens is 276 g/mol. The first-order valence-electron chi connectivity index (χ1n) is 6.64. The van der Waals surface area contributed by atoms with Crippen molar-refractivity contribution in [1.82, 2.24) is 5.32 Å². The van der Waals surface area contributed by atoms with E-state index in [0.717, 1.165) is 36.6 Å².